The normalized spacial score (nSPS) is 13.4. The lowest BCUT2D eigenvalue weighted by atomic mass is 10.1. The molecule has 1 atom stereocenters. The Morgan fingerprint density at radius 2 is 0.562 bits per heavy atom. The first kappa shape index (κ1) is 67.8. The number of carbonyl (C=O) groups excluding carboxylic acids is 3. The number of hydrogen-bond donors (Lipinski definition) is 0. The van der Waals surface area contributed by atoms with E-state index in [9.17, 15) is 14.4 Å². The minimum absolute atomic E-state index is 0.159. The molecule has 0 aromatic heterocycles. The van der Waals surface area contributed by atoms with Gasteiger partial charge in [-0.15, -0.1) is 0 Å². The number of unbranched alkanes of at least 4 members (excludes halogenated alkanes) is 10. The van der Waals surface area contributed by atoms with Crippen LogP contribution in [0.3, 0.4) is 0 Å². The maximum absolute atomic E-state index is 12.9. The SMILES string of the molecule is CC/C=C\C/C=C\C/C=C\C/C=C\C/C=C\C/C=C\CCC(=O)OC[C@H](COC(=O)CC/C=C\C/C=C\C/C=C\C/C=C\C/C=C\CCCCC)OC(=O)CCCCCC/C=C\C/C=C\C/C=C\CCCCC. The Labute approximate surface area is 447 Å². The van der Waals surface area contributed by atoms with Gasteiger partial charge in [0.05, 0.1) is 0 Å². The Bertz CT molecular complexity index is 1720. The minimum atomic E-state index is -0.861. The zero-order valence-corrected chi connectivity index (χ0v) is 46.3. The number of allylic oxidation sites excluding steroid dienone is 28. The number of rotatable bonds is 49. The van der Waals surface area contributed by atoms with Crippen LogP contribution < -0.4 is 0 Å². The van der Waals surface area contributed by atoms with Crippen LogP contribution in [0, 0.1) is 0 Å². The van der Waals surface area contributed by atoms with Gasteiger partial charge in [0.15, 0.2) is 6.10 Å². The van der Waals surface area contributed by atoms with Crippen LogP contribution in [0.5, 0.6) is 0 Å². The fraction of sp³-hybridized carbons (Fsp3) is 0.537. The van der Waals surface area contributed by atoms with Crippen LogP contribution in [0.4, 0.5) is 0 Å². The van der Waals surface area contributed by atoms with Gasteiger partial charge >= 0.3 is 17.9 Å². The van der Waals surface area contributed by atoms with Gasteiger partial charge in [-0.2, -0.15) is 0 Å². The predicted molar refractivity (Wildman–Crippen MR) is 315 cm³/mol. The first-order valence-corrected chi connectivity index (χ1v) is 28.6. The maximum Gasteiger partial charge on any atom is 0.306 e. The number of esters is 3. The second-order valence-corrected chi connectivity index (χ2v) is 18.1. The van der Waals surface area contributed by atoms with Crippen molar-refractivity contribution in [2.24, 2.45) is 0 Å². The lowest BCUT2D eigenvalue weighted by molar-refractivity contribution is -0.166. The molecule has 0 heterocycles. The highest BCUT2D eigenvalue weighted by atomic mass is 16.6. The van der Waals surface area contributed by atoms with Crippen LogP contribution in [-0.2, 0) is 28.6 Å². The van der Waals surface area contributed by atoms with E-state index in [1.165, 1.54) is 51.4 Å². The van der Waals surface area contributed by atoms with Crippen LogP contribution >= 0.6 is 0 Å². The van der Waals surface area contributed by atoms with Gasteiger partial charge in [-0.1, -0.05) is 229 Å². The van der Waals surface area contributed by atoms with Crippen molar-refractivity contribution in [3.63, 3.8) is 0 Å². The van der Waals surface area contributed by atoms with Gasteiger partial charge < -0.3 is 14.2 Å². The van der Waals surface area contributed by atoms with Crippen molar-refractivity contribution in [2.45, 2.75) is 219 Å². The van der Waals surface area contributed by atoms with E-state index in [1.54, 1.807) is 0 Å². The number of carbonyl (C=O) groups is 3. The maximum atomic E-state index is 12.9. The standard InChI is InChI=1S/C67H102O6/c1-4-7-10-13-16-19-22-25-28-31-33-36-38-41-44-47-50-53-56-59-65(68)71-62-64(73-67(70)61-58-55-52-49-46-43-40-35-30-27-24-21-18-15-12-9-6-3)63-72-66(69)60-57-54-51-48-45-42-39-37-34-32-29-26-23-20-17-14-11-8-5-2/h7,10,16-21,25-30,33-34,36-37,40-45,50-51,53-54,64H,4-6,8-9,11-15,22-24,31-32,35,38-39,46-49,52,55-63H2,1-3H3/b10-7-,19-16-,20-17-,21-18-,28-25-,29-26-,30-27-,36-33-,37-34-,43-40-,44-41-,45-42-,53-50-,54-51-/t64-/m1/s1. The van der Waals surface area contributed by atoms with Gasteiger partial charge in [-0.3, -0.25) is 14.4 Å². The summed E-state index contributed by atoms with van der Waals surface area (Å²) in [6.07, 6.45) is 87.9. The third-order valence-corrected chi connectivity index (χ3v) is 11.2. The molecule has 0 rings (SSSR count). The molecule has 0 aliphatic heterocycles. The second-order valence-electron chi connectivity index (χ2n) is 18.1. The van der Waals surface area contributed by atoms with Crippen molar-refractivity contribution in [1.82, 2.24) is 0 Å². The topological polar surface area (TPSA) is 78.9 Å². The molecule has 0 aromatic carbocycles. The average molecular weight is 1000 g/mol. The summed E-state index contributed by atoms with van der Waals surface area (Å²) in [7, 11) is 0. The largest absolute Gasteiger partial charge is 0.462 e. The third-order valence-electron chi connectivity index (χ3n) is 11.2. The van der Waals surface area contributed by atoms with E-state index in [0.717, 1.165) is 103 Å². The summed E-state index contributed by atoms with van der Waals surface area (Å²) < 4.78 is 16.7. The highest BCUT2D eigenvalue weighted by Gasteiger charge is 2.19. The van der Waals surface area contributed by atoms with Crippen molar-refractivity contribution in [3.05, 3.63) is 170 Å². The van der Waals surface area contributed by atoms with Crippen LogP contribution in [0.1, 0.15) is 213 Å². The molecular weight excluding hydrogens is 901 g/mol. The fourth-order valence-corrected chi connectivity index (χ4v) is 6.93. The predicted octanol–water partition coefficient (Wildman–Crippen LogP) is 19.5. The lowest BCUT2D eigenvalue weighted by Gasteiger charge is -2.18. The summed E-state index contributed by atoms with van der Waals surface area (Å²) in [5.74, 6) is -1.15. The highest BCUT2D eigenvalue weighted by molar-refractivity contribution is 5.71. The number of ether oxygens (including phenoxy) is 3. The highest BCUT2D eigenvalue weighted by Crippen LogP contribution is 2.11. The molecule has 0 unspecified atom stereocenters. The molecule has 0 amide bonds. The molecule has 0 aliphatic rings. The quantitative estimate of drug-likeness (QED) is 0.0261. The van der Waals surface area contributed by atoms with E-state index < -0.39 is 6.10 Å². The second kappa shape index (κ2) is 59.3. The summed E-state index contributed by atoms with van der Waals surface area (Å²) in [4.78, 5) is 38.1. The van der Waals surface area contributed by atoms with Gasteiger partial charge in [0, 0.05) is 19.3 Å². The zero-order valence-electron chi connectivity index (χ0n) is 46.3. The van der Waals surface area contributed by atoms with E-state index in [0.29, 0.717) is 19.3 Å². The van der Waals surface area contributed by atoms with Crippen LogP contribution in [-0.4, -0.2) is 37.2 Å². The Kier molecular flexibility index (Phi) is 55.1. The summed E-state index contributed by atoms with van der Waals surface area (Å²) >= 11 is 0. The molecule has 6 nitrogen and oxygen atoms in total. The lowest BCUT2D eigenvalue weighted by Crippen LogP contribution is -2.30. The molecule has 6 heteroatoms. The smallest absolute Gasteiger partial charge is 0.306 e. The molecule has 0 saturated carbocycles. The van der Waals surface area contributed by atoms with Gasteiger partial charge in [-0.05, 0) is 135 Å². The van der Waals surface area contributed by atoms with Crippen molar-refractivity contribution in [2.75, 3.05) is 13.2 Å². The van der Waals surface area contributed by atoms with E-state index in [-0.39, 0.29) is 50.4 Å². The molecule has 73 heavy (non-hydrogen) atoms. The van der Waals surface area contributed by atoms with Gasteiger partial charge in [0.2, 0.25) is 0 Å². The molecule has 0 N–H and O–H groups in total. The van der Waals surface area contributed by atoms with Crippen LogP contribution in [0.2, 0.25) is 0 Å². The fourth-order valence-electron chi connectivity index (χ4n) is 6.93. The van der Waals surface area contributed by atoms with Crippen LogP contribution in [0.25, 0.3) is 0 Å². The molecule has 0 saturated heterocycles. The summed E-state index contributed by atoms with van der Waals surface area (Å²) in [5.41, 5.74) is 0. The molecule has 0 spiro atoms. The summed E-state index contributed by atoms with van der Waals surface area (Å²) in [5, 5.41) is 0. The van der Waals surface area contributed by atoms with Crippen LogP contribution in [0.15, 0.2) is 170 Å². The monoisotopic (exact) mass is 1000 g/mol. The van der Waals surface area contributed by atoms with Crippen molar-refractivity contribution < 1.29 is 28.6 Å². The van der Waals surface area contributed by atoms with E-state index in [2.05, 4.69) is 167 Å². The minimum Gasteiger partial charge on any atom is -0.462 e. The van der Waals surface area contributed by atoms with Crippen molar-refractivity contribution in [1.29, 1.82) is 0 Å². The molecule has 0 aliphatic carbocycles. The first-order valence-electron chi connectivity index (χ1n) is 28.6. The molecule has 406 valence electrons. The Balaban J connectivity index is 4.69. The van der Waals surface area contributed by atoms with Gasteiger partial charge in [-0.25, -0.2) is 0 Å². The molecule has 0 fully saturated rings. The molecule has 0 radical (unpaired) electrons. The molecule has 0 aromatic rings. The molecular formula is C67H102O6. The Morgan fingerprint density at radius 3 is 0.877 bits per heavy atom. The van der Waals surface area contributed by atoms with Gasteiger partial charge in [0.1, 0.15) is 13.2 Å². The van der Waals surface area contributed by atoms with E-state index >= 15 is 0 Å². The first-order chi connectivity index (χ1) is 36.0. The van der Waals surface area contributed by atoms with Crippen molar-refractivity contribution >= 4 is 17.9 Å². The Morgan fingerprint density at radius 1 is 0.288 bits per heavy atom. The number of hydrogen-bond acceptors (Lipinski definition) is 6. The average Bonchev–Trinajstić information content (AvgIpc) is 3.39. The zero-order chi connectivity index (χ0) is 52.9. The summed E-state index contributed by atoms with van der Waals surface area (Å²) in [6.45, 7) is 6.30. The molecule has 0 bridgehead atoms. The van der Waals surface area contributed by atoms with Crippen molar-refractivity contribution in [3.8, 4) is 0 Å². The van der Waals surface area contributed by atoms with E-state index in [4.69, 9.17) is 14.2 Å². The summed E-state index contributed by atoms with van der Waals surface area (Å²) in [6, 6.07) is 0. The Hall–Kier alpha value is -5.23. The van der Waals surface area contributed by atoms with Gasteiger partial charge in [0.25, 0.3) is 0 Å². The van der Waals surface area contributed by atoms with E-state index in [1.807, 2.05) is 24.3 Å². The third kappa shape index (κ3) is 57.5.